The molecule has 1 atom stereocenters. The van der Waals surface area contributed by atoms with Gasteiger partial charge in [0.05, 0.1) is 11.6 Å². The maximum absolute atomic E-state index is 13.3. The predicted molar refractivity (Wildman–Crippen MR) is 131 cm³/mol. The fourth-order valence-corrected chi connectivity index (χ4v) is 5.34. The Morgan fingerprint density at radius 2 is 1.61 bits per heavy atom. The normalized spacial score (nSPS) is 21.1. The topological polar surface area (TPSA) is 57.6 Å². The molecule has 0 radical (unpaired) electrons. The number of aliphatic hydroxyl groups excluding tert-OH is 1. The second kappa shape index (κ2) is 8.86. The molecule has 1 unspecified atom stereocenters. The molecule has 1 amide bonds. The number of fused-ring (bicyclic) bond motifs is 1. The number of hydrogen-bond acceptors (Lipinski definition) is 3. The van der Waals surface area contributed by atoms with Crippen LogP contribution in [0.15, 0.2) is 72.3 Å². The van der Waals surface area contributed by atoms with Crippen LogP contribution in [0.5, 0.6) is 0 Å². The van der Waals surface area contributed by atoms with Crippen LogP contribution < -0.4 is 0 Å². The molecule has 1 saturated heterocycles. The zero-order valence-corrected chi connectivity index (χ0v) is 19.0. The quantitative estimate of drug-likeness (QED) is 0.301. The van der Waals surface area contributed by atoms with Gasteiger partial charge in [-0.3, -0.25) is 9.59 Å². The summed E-state index contributed by atoms with van der Waals surface area (Å²) in [5.74, 6) is -1.17. The number of ketones is 1. The molecule has 33 heavy (non-hydrogen) atoms. The summed E-state index contributed by atoms with van der Waals surface area (Å²) >= 11 is 0. The number of aliphatic hydroxyl groups is 1. The van der Waals surface area contributed by atoms with Gasteiger partial charge in [0.25, 0.3) is 11.7 Å². The summed E-state index contributed by atoms with van der Waals surface area (Å²) in [6.07, 6.45) is 5.98. The molecular weight excluding hydrogens is 410 g/mol. The molecule has 1 aliphatic carbocycles. The molecule has 1 N–H and O–H groups in total. The van der Waals surface area contributed by atoms with Crippen molar-refractivity contribution in [2.75, 3.05) is 0 Å². The standard InChI is InChI=1S/C29H29NO3/c1-2-19-12-14-21(15-13-19)26-25(28(32)29(33)30(26)24-10-4-3-5-11-24)27(31)23-17-16-20-8-6-7-9-22(20)18-23/h6-9,12-18,24,26,31H,2-5,10-11H2,1H3/b27-25-. The molecule has 1 saturated carbocycles. The Hall–Kier alpha value is -3.40. The molecule has 5 rings (SSSR count). The third-order valence-electron chi connectivity index (χ3n) is 7.17. The number of nitrogens with zero attached hydrogens (tertiary/aromatic N) is 1. The van der Waals surface area contributed by atoms with E-state index in [0.717, 1.165) is 54.9 Å². The summed E-state index contributed by atoms with van der Waals surface area (Å²) in [7, 11) is 0. The molecule has 1 heterocycles. The molecule has 3 aromatic carbocycles. The summed E-state index contributed by atoms with van der Waals surface area (Å²) in [5, 5.41) is 13.4. The van der Waals surface area contributed by atoms with Gasteiger partial charge >= 0.3 is 0 Å². The number of likely N-dealkylation sites (tertiary alicyclic amines) is 1. The number of amides is 1. The predicted octanol–water partition coefficient (Wildman–Crippen LogP) is 6.16. The van der Waals surface area contributed by atoms with Crippen LogP contribution in [0.3, 0.4) is 0 Å². The van der Waals surface area contributed by atoms with Gasteiger partial charge in [-0.1, -0.05) is 86.8 Å². The Bertz CT molecular complexity index is 1240. The third kappa shape index (κ3) is 3.84. The van der Waals surface area contributed by atoms with Crippen molar-refractivity contribution >= 4 is 28.2 Å². The minimum atomic E-state index is -0.587. The number of Topliss-reactive ketones (excluding diaryl/α,β-unsaturated/α-hetero) is 1. The van der Waals surface area contributed by atoms with Gasteiger partial charge in [-0.05, 0) is 47.2 Å². The minimum Gasteiger partial charge on any atom is -0.507 e. The van der Waals surface area contributed by atoms with Gasteiger partial charge in [0.2, 0.25) is 0 Å². The van der Waals surface area contributed by atoms with Crippen molar-refractivity contribution in [1.82, 2.24) is 4.90 Å². The Morgan fingerprint density at radius 1 is 0.909 bits per heavy atom. The van der Waals surface area contributed by atoms with E-state index in [9.17, 15) is 14.7 Å². The number of carbonyl (C=O) groups is 2. The van der Waals surface area contributed by atoms with Crippen molar-refractivity contribution in [3.05, 3.63) is 89.0 Å². The number of hydrogen-bond donors (Lipinski definition) is 1. The SMILES string of the molecule is CCc1ccc(C2/C(=C(/O)c3ccc4ccccc4c3)C(=O)C(=O)N2C2CCCCC2)cc1. The second-order valence-corrected chi connectivity index (χ2v) is 9.16. The number of rotatable bonds is 4. The minimum absolute atomic E-state index is 0.0213. The van der Waals surface area contributed by atoms with E-state index in [0.29, 0.717) is 5.56 Å². The van der Waals surface area contributed by atoms with Crippen LogP contribution >= 0.6 is 0 Å². The number of carbonyl (C=O) groups excluding carboxylic acids is 2. The largest absolute Gasteiger partial charge is 0.507 e. The molecule has 0 aromatic heterocycles. The first-order valence-electron chi connectivity index (χ1n) is 12.0. The van der Waals surface area contributed by atoms with Crippen molar-refractivity contribution in [2.45, 2.75) is 57.5 Å². The van der Waals surface area contributed by atoms with E-state index in [1.54, 1.807) is 4.90 Å². The van der Waals surface area contributed by atoms with Crippen molar-refractivity contribution in [3.63, 3.8) is 0 Å². The van der Waals surface area contributed by atoms with Crippen LogP contribution in [0, 0.1) is 0 Å². The second-order valence-electron chi connectivity index (χ2n) is 9.16. The highest BCUT2D eigenvalue weighted by Gasteiger charge is 2.48. The van der Waals surface area contributed by atoms with Gasteiger partial charge in [0.1, 0.15) is 5.76 Å². The number of aryl methyl sites for hydroxylation is 1. The molecule has 0 bridgehead atoms. The first-order valence-corrected chi connectivity index (χ1v) is 12.0. The molecule has 3 aromatic rings. The van der Waals surface area contributed by atoms with E-state index < -0.39 is 17.7 Å². The molecular formula is C29H29NO3. The maximum atomic E-state index is 13.3. The molecule has 4 heteroatoms. The van der Waals surface area contributed by atoms with Crippen molar-refractivity contribution in [3.8, 4) is 0 Å². The van der Waals surface area contributed by atoms with Gasteiger partial charge in [-0.2, -0.15) is 0 Å². The Labute approximate surface area is 194 Å². The zero-order chi connectivity index (χ0) is 22.9. The zero-order valence-electron chi connectivity index (χ0n) is 19.0. The summed E-state index contributed by atoms with van der Waals surface area (Å²) in [4.78, 5) is 28.4. The van der Waals surface area contributed by atoms with Crippen LogP contribution in [0.1, 0.15) is 61.8 Å². The molecule has 2 fully saturated rings. The average molecular weight is 440 g/mol. The van der Waals surface area contributed by atoms with Crippen molar-refractivity contribution < 1.29 is 14.7 Å². The monoisotopic (exact) mass is 439 g/mol. The van der Waals surface area contributed by atoms with Crippen LogP contribution in [-0.4, -0.2) is 27.7 Å². The van der Waals surface area contributed by atoms with Gasteiger partial charge in [0, 0.05) is 11.6 Å². The summed E-state index contributed by atoms with van der Waals surface area (Å²) < 4.78 is 0. The van der Waals surface area contributed by atoms with Crippen LogP contribution in [0.4, 0.5) is 0 Å². The van der Waals surface area contributed by atoms with E-state index in [-0.39, 0.29) is 17.4 Å². The van der Waals surface area contributed by atoms with Gasteiger partial charge in [-0.25, -0.2) is 0 Å². The van der Waals surface area contributed by atoms with E-state index >= 15 is 0 Å². The Morgan fingerprint density at radius 3 is 2.30 bits per heavy atom. The molecule has 1 aliphatic heterocycles. The Kier molecular flexibility index (Phi) is 5.76. The lowest BCUT2D eigenvalue weighted by Crippen LogP contribution is -2.40. The third-order valence-corrected chi connectivity index (χ3v) is 7.17. The van der Waals surface area contributed by atoms with E-state index in [1.807, 2.05) is 66.7 Å². The van der Waals surface area contributed by atoms with E-state index in [2.05, 4.69) is 6.92 Å². The smallest absolute Gasteiger partial charge is 0.295 e. The van der Waals surface area contributed by atoms with Crippen molar-refractivity contribution in [1.29, 1.82) is 0 Å². The van der Waals surface area contributed by atoms with E-state index in [1.165, 1.54) is 5.56 Å². The Balaban J connectivity index is 1.66. The maximum Gasteiger partial charge on any atom is 0.295 e. The summed E-state index contributed by atoms with van der Waals surface area (Å²) in [6.45, 7) is 2.10. The van der Waals surface area contributed by atoms with Crippen LogP contribution in [0.25, 0.3) is 16.5 Å². The lowest BCUT2D eigenvalue weighted by atomic mass is 9.90. The first kappa shape index (κ1) is 21.4. The lowest BCUT2D eigenvalue weighted by Gasteiger charge is -2.35. The van der Waals surface area contributed by atoms with Gasteiger partial charge < -0.3 is 10.0 Å². The van der Waals surface area contributed by atoms with Crippen LogP contribution in [-0.2, 0) is 16.0 Å². The summed E-state index contributed by atoms with van der Waals surface area (Å²) in [6, 6.07) is 21.1. The van der Waals surface area contributed by atoms with Crippen molar-refractivity contribution in [2.24, 2.45) is 0 Å². The molecule has 0 spiro atoms. The van der Waals surface area contributed by atoms with Gasteiger partial charge in [-0.15, -0.1) is 0 Å². The molecule has 2 aliphatic rings. The van der Waals surface area contributed by atoms with Gasteiger partial charge in [0.15, 0.2) is 0 Å². The fraction of sp³-hybridized carbons (Fsp3) is 0.310. The highest BCUT2D eigenvalue weighted by Crippen LogP contribution is 2.43. The first-order chi connectivity index (χ1) is 16.1. The highest BCUT2D eigenvalue weighted by molar-refractivity contribution is 6.46. The molecule has 168 valence electrons. The van der Waals surface area contributed by atoms with Crippen LogP contribution in [0.2, 0.25) is 0 Å². The lowest BCUT2D eigenvalue weighted by molar-refractivity contribution is -0.141. The number of benzene rings is 3. The highest BCUT2D eigenvalue weighted by atomic mass is 16.3. The fourth-order valence-electron chi connectivity index (χ4n) is 5.34. The van der Waals surface area contributed by atoms with E-state index in [4.69, 9.17) is 0 Å². The summed E-state index contributed by atoms with van der Waals surface area (Å²) in [5.41, 5.74) is 2.83. The average Bonchev–Trinajstić information content (AvgIpc) is 3.14. The molecule has 4 nitrogen and oxygen atoms in total.